The Hall–Kier alpha value is -2.39. The largest absolute Gasteiger partial charge is 0.393 e. The number of hydrogen-bond donors (Lipinski definition) is 4. The quantitative estimate of drug-likeness (QED) is 0.277. The molecule has 3 aromatic heterocycles. The third-order valence-electron chi connectivity index (χ3n) is 9.23. The summed E-state index contributed by atoms with van der Waals surface area (Å²) in [6.07, 6.45) is 6.66. The van der Waals surface area contributed by atoms with Crippen molar-refractivity contribution in [2.24, 2.45) is 11.3 Å². The van der Waals surface area contributed by atoms with Gasteiger partial charge in [0.15, 0.2) is 10.9 Å². The van der Waals surface area contributed by atoms with E-state index >= 15 is 0 Å². The maximum absolute atomic E-state index is 13.7. The second-order valence-electron chi connectivity index (χ2n) is 13.3. The van der Waals surface area contributed by atoms with Crippen LogP contribution in [0.25, 0.3) is 10.3 Å². The first kappa shape index (κ1) is 31.6. The number of nitrogens with zero attached hydrogens (tertiary/aromatic N) is 5. The number of carbonyl (C=O) groups is 1. The second kappa shape index (κ2) is 12.8. The Morgan fingerprint density at radius 1 is 1.18 bits per heavy atom. The van der Waals surface area contributed by atoms with Gasteiger partial charge >= 0.3 is 0 Å². The molecule has 11 nitrogen and oxygen atoms in total. The van der Waals surface area contributed by atoms with Crippen molar-refractivity contribution >= 4 is 44.2 Å². The molecule has 44 heavy (non-hydrogen) atoms. The standard InChI is InChI=1S/C31H44N6O5S2/c1-31(2,3)22-5-6-24-21(16-22)17-26-29(34-24)43-30(35-26)28(39)33-25(10-13-36-11-8-23(38)9-12-36)20-4-7-27(32-18-20)37-14-15-42-19-44(37,40)41/h4,7,17-18,22-23,25,38,40-41H,5-6,8-16,19H2,1-3H3,(H,33,39)/t22?,25-/m1/s1. The molecule has 5 heterocycles. The van der Waals surface area contributed by atoms with Gasteiger partial charge in [0, 0.05) is 31.5 Å². The molecule has 1 aliphatic carbocycles. The smallest absolute Gasteiger partial charge is 0.280 e. The van der Waals surface area contributed by atoms with Gasteiger partial charge in [0.2, 0.25) is 0 Å². The van der Waals surface area contributed by atoms with Crippen LogP contribution in [0.15, 0.2) is 24.4 Å². The number of pyridine rings is 2. The molecule has 1 unspecified atom stereocenters. The number of rotatable bonds is 7. The molecule has 2 atom stereocenters. The zero-order chi connectivity index (χ0) is 31.1. The number of thiazole rings is 1. The molecule has 6 rings (SSSR count). The number of aromatic nitrogens is 3. The monoisotopic (exact) mass is 644 g/mol. The van der Waals surface area contributed by atoms with Crippen LogP contribution < -0.4 is 9.62 Å². The van der Waals surface area contributed by atoms with Crippen molar-refractivity contribution in [1.82, 2.24) is 25.2 Å². The first-order valence-electron chi connectivity index (χ1n) is 15.5. The number of anilines is 1. The highest BCUT2D eigenvalue weighted by Crippen LogP contribution is 2.47. The fourth-order valence-electron chi connectivity index (χ4n) is 6.39. The van der Waals surface area contributed by atoms with Crippen LogP contribution in [0.3, 0.4) is 0 Å². The van der Waals surface area contributed by atoms with Crippen molar-refractivity contribution in [3.8, 4) is 0 Å². The Kier molecular flexibility index (Phi) is 9.17. The van der Waals surface area contributed by atoms with Crippen molar-refractivity contribution in [2.75, 3.05) is 43.0 Å². The zero-order valence-electron chi connectivity index (χ0n) is 25.7. The molecule has 3 aromatic rings. The minimum absolute atomic E-state index is 0.142. The lowest BCUT2D eigenvalue weighted by Crippen LogP contribution is -2.39. The highest BCUT2D eigenvalue weighted by Gasteiger charge is 2.31. The second-order valence-corrected chi connectivity index (χ2v) is 16.3. The topological polar surface area (TPSA) is 144 Å². The first-order chi connectivity index (χ1) is 21.0. The number of aryl methyl sites for hydroxylation is 1. The van der Waals surface area contributed by atoms with Gasteiger partial charge in [-0.15, -0.1) is 0 Å². The van der Waals surface area contributed by atoms with E-state index in [1.807, 2.05) is 6.07 Å². The summed E-state index contributed by atoms with van der Waals surface area (Å²) in [6.45, 7) is 10.0. The lowest BCUT2D eigenvalue weighted by atomic mass is 9.71. The predicted octanol–water partition coefficient (Wildman–Crippen LogP) is 5.01. The van der Waals surface area contributed by atoms with Gasteiger partial charge in [-0.2, -0.15) is 0 Å². The van der Waals surface area contributed by atoms with Crippen LogP contribution in [0.1, 0.15) is 79.1 Å². The van der Waals surface area contributed by atoms with Gasteiger partial charge in [-0.05, 0) is 73.1 Å². The van der Waals surface area contributed by atoms with E-state index < -0.39 is 10.8 Å². The van der Waals surface area contributed by atoms with Crippen molar-refractivity contribution in [1.29, 1.82) is 0 Å². The summed E-state index contributed by atoms with van der Waals surface area (Å²) >= 11 is 1.33. The van der Waals surface area contributed by atoms with Gasteiger partial charge in [-0.3, -0.25) is 18.2 Å². The Bertz CT molecular complexity index is 1470. The first-order valence-corrected chi connectivity index (χ1v) is 18.0. The third kappa shape index (κ3) is 7.04. The molecule has 0 spiro atoms. The molecule has 0 saturated carbocycles. The van der Waals surface area contributed by atoms with Gasteiger partial charge in [0.25, 0.3) is 5.91 Å². The molecule has 0 aromatic carbocycles. The van der Waals surface area contributed by atoms with E-state index in [4.69, 9.17) is 14.7 Å². The number of piperidine rings is 1. The molecular weight excluding hydrogens is 601 g/mol. The van der Waals surface area contributed by atoms with Crippen molar-refractivity contribution in [2.45, 2.75) is 71.4 Å². The Labute approximate surface area is 264 Å². The SMILES string of the molecule is CC(C)(C)C1CCc2nc3sc(C(=O)N[C@H](CCN4CCC(O)CC4)c4ccc(N5CCOCS5(O)O)nc4)nc3cc2C1. The molecule has 1 amide bonds. The molecule has 2 aliphatic heterocycles. The number of carbonyl (C=O) groups excluding carboxylic acids is 1. The van der Waals surface area contributed by atoms with Crippen LogP contribution in [0, 0.1) is 11.3 Å². The van der Waals surface area contributed by atoms with Gasteiger partial charge in [0.1, 0.15) is 16.2 Å². The van der Waals surface area contributed by atoms with E-state index in [1.54, 1.807) is 12.3 Å². The molecule has 0 radical (unpaired) electrons. The van der Waals surface area contributed by atoms with Crippen LogP contribution in [-0.2, 0) is 17.6 Å². The van der Waals surface area contributed by atoms with Gasteiger partial charge in [-0.25, -0.2) is 15.0 Å². The normalized spacial score (nSPS) is 22.9. The van der Waals surface area contributed by atoms with E-state index in [0.29, 0.717) is 36.3 Å². The summed E-state index contributed by atoms with van der Waals surface area (Å²) in [7, 11) is -3.08. The number of amides is 1. The summed E-state index contributed by atoms with van der Waals surface area (Å²) in [5.41, 5.74) is 4.20. The number of hydrogen-bond acceptors (Lipinski definition) is 11. The number of likely N-dealkylation sites (tertiary alicyclic amines) is 1. The average Bonchev–Trinajstić information content (AvgIpc) is 3.41. The fraction of sp³-hybridized carbons (Fsp3) is 0.613. The van der Waals surface area contributed by atoms with Gasteiger partial charge < -0.3 is 20.1 Å². The van der Waals surface area contributed by atoms with Gasteiger partial charge in [0.05, 0.1) is 25.3 Å². The van der Waals surface area contributed by atoms with Crippen molar-refractivity contribution in [3.63, 3.8) is 0 Å². The van der Waals surface area contributed by atoms with Crippen LogP contribution >= 0.6 is 22.1 Å². The Morgan fingerprint density at radius 2 is 1.98 bits per heavy atom. The maximum Gasteiger partial charge on any atom is 0.280 e. The number of aliphatic hydroxyl groups excluding tert-OH is 1. The number of ether oxygens (including phenoxy) is 1. The van der Waals surface area contributed by atoms with E-state index in [1.165, 1.54) is 21.2 Å². The van der Waals surface area contributed by atoms with Crippen molar-refractivity contribution in [3.05, 3.63) is 46.2 Å². The van der Waals surface area contributed by atoms with E-state index in [0.717, 1.165) is 73.3 Å². The van der Waals surface area contributed by atoms with Crippen molar-refractivity contribution < 1.29 is 23.7 Å². The van der Waals surface area contributed by atoms with Crippen LogP contribution in [0.5, 0.6) is 0 Å². The minimum atomic E-state index is -3.08. The number of nitrogens with one attached hydrogen (secondary N) is 1. The highest BCUT2D eigenvalue weighted by atomic mass is 32.3. The zero-order valence-corrected chi connectivity index (χ0v) is 27.4. The maximum atomic E-state index is 13.7. The third-order valence-corrected chi connectivity index (χ3v) is 11.7. The van der Waals surface area contributed by atoms with Crippen LogP contribution in [0.4, 0.5) is 5.82 Å². The van der Waals surface area contributed by atoms with E-state index in [-0.39, 0.29) is 29.4 Å². The lowest BCUT2D eigenvalue weighted by molar-refractivity contribution is 0.0795. The summed E-state index contributed by atoms with van der Waals surface area (Å²) in [6, 6.07) is 5.45. The molecule has 240 valence electrons. The predicted molar refractivity (Wildman–Crippen MR) is 174 cm³/mol. The molecule has 2 saturated heterocycles. The van der Waals surface area contributed by atoms with Crippen LogP contribution in [0.2, 0.25) is 0 Å². The molecule has 2 fully saturated rings. The highest BCUT2D eigenvalue weighted by molar-refractivity contribution is 8.25. The lowest BCUT2D eigenvalue weighted by Gasteiger charge is -2.45. The number of fused-ring (bicyclic) bond motifs is 2. The molecular formula is C31H44N6O5S2. The van der Waals surface area contributed by atoms with Crippen LogP contribution in [-0.4, -0.2) is 84.8 Å². The fourth-order valence-corrected chi connectivity index (χ4v) is 8.48. The number of aliphatic hydroxyl groups is 1. The van der Waals surface area contributed by atoms with E-state index in [9.17, 15) is 19.0 Å². The Balaban J connectivity index is 1.21. The molecule has 13 heteroatoms. The minimum Gasteiger partial charge on any atom is -0.393 e. The molecule has 4 N–H and O–H groups in total. The summed E-state index contributed by atoms with van der Waals surface area (Å²) in [4.78, 5) is 31.0. The summed E-state index contributed by atoms with van der Waals surface area (Å²) in [5, 5.41) is 13.5. The molecule has 3 aliphatic rings. The van der Waals surface area contributed by atoms with Gasteiger partial charge in [-0.1, -0.05) is 49.0 Å². The van der Waals surface area contributed by atoms with E-state index in [2.05, 4.69) is 42.0 Å². The Morgan fingerprint density at radius 3 is 2.68 bits per heavy atom. The average molecular weight is 645 g/mol. The molecule has 0 bridgehead atoms. The summed E-state index contributed by atoms with van der Waals surface area (Å²) < 4.78 is 27.6. The summed E-state index contributed by atoms with van der Waals surface area (Å²) in [5.74, 6) is 0.665.